The molecule has 2 heterocycles. The third-order valence-corrected chi connectivity index (χ3v) is 3.38. The lowest BCUT2D eigenvalue weighted by molar-refractivity contribution is -0.127. The minimum absolute atomic E-state index is 0.0195. The number of hydrogen-bond donors (Lipinski definition) is 2. The standard InChI is InChI=1S/C14H21N3O2/c1-14(2)9-16-13(19)12(8-18)17(10-14)7-11-5-3-4-6-15-11/h3-6,12,18H,7-10H2,1-2H3,(H,16,19). The number of hydrogen-bond acceptors (Lipinski definition) is 4. The quantitative estimate of drug-likeness (QED) is 0.828. The Bertz CT molecular complexity index is 434. The fourth-order valence-corrected chi connectivity index (χ4v) is 2.39. The SMILES string of the molecule is CC1(C)CNC(=O)C(CO)N(Cc2ccccn2)C1. The number of rotatable bonds is 3. The van der Waals surface area contributed by atoms with Crippen LogP contribution in [0.1, 0.15) is 19.5 Å². The molecule has 1 aliphatic heterocycles. The first kappa shape index (κ1) is 14.0. The minimum atomic E-state index is -0.496. The third-order valence-electron chi connectivity index (χ3n) is 3.38. The molecule has 0 bridgehead atoms. The predicted octanol–water partition coefficient (Wildman–Crippen LogP) is 0.400. The third kappa shape index (κ3) is 3.52. The average Bonchev–Trinajstić information content (AvgIpc) is 2.48. The summed E-state index contributed by atoms with van der Waals surface area (Å²) in [5.74, 6) is -0.107. The molecular formula is C14H21N3O2. The first-order valence-corrected chi connectivity index (χ1v) is 6.54. The van der Waals surface area contributed by atoms with Crippen LogP contribution in [0.5, 0.6) is 0 Å². The zero-order chi connectivity index (χ0) is 13.9. The Labute approximate surface area is 113 Å². The van der Waals surface area contributed by atoms with E-state index in [0.717, 1.165) is 12.2 Å². The van der Waals surface area contributed by atoms with Gasteiger partial charge in [0.2, 0.25) is 5.91 Å². The van der Waals surface area contributed by atoms with Crippen LogP contribution in [0, 0.1) is 5.41 Å². The highest BCUT2D eigenvalue weighted by Crippen LogP contribution is 2.22. The molecule has 1 fully saturated rings. The van der Waals surface area contributed by atoms with Crippen LogP contribution in [0.2, 0.25) is 0 Å². The largest absolute Gasteiger partial charge is 0.394 e. The van der Waals surface area contributed by atoms with Gasteiger partial charge >= 0.3 is 0 Å². The van der Waals surface area contributed by atoms with E-state index in [1.54, 1.807) is 6.20 Å². The molecule has 2 N–H and O–H groups in total. The summed E-state index contributed by atoms with van der Waals surface area (Å²) in [4.78, 5) is 18.3. The van der Waals surface area contributed by atoms with Crippen molar-refractivity contribution in [2.45, 2.75) is 26.4 Å². The molecule has 1 unspecified atom stereocenters. The van der Waals surface area contributed by atoms with Gasteiger partial charge in [0.1, 0.15) is 6.04 Å². The molecule has 2 rings (SSSR count). The molecular weight excluding hydrogens is 242 g/mol. The first-order chi connectivity index (χ1) is 9.02. The van der Waals surface area contributed by atoms with Gasteiger partial charge in [-0.3, -0.25) is 14.7 Å². The maximum absolute atomic E-state index is 12.0. The fourth-order valence-electron chi connectivity index (χ4n) is 2.39. The highest BCUT2D eigenvalue weighted by molar-refractivity contribution is 5.82. The summed E-state index contributed by atoms with van der Waals surface area (Å²) >= 11 is 0. The van der Waals surface area contributed by atoms with Gasteiger partial charge in [-0.05, 0) is 17.5 Å². The van der Waals surface area contributed by atoms with Crippen LogP contribution < -0.4 is 5.32 Å². The number of carbonyl (C=O) groups is 1. The number of nitrogens with zero attached hydrogens (tertiary/aromatic N) is 2. The molecule has 0 radical (unpaired) electrons. The highest BCUT2D eigenvalue weighted by Gasteiger charge is 2.34. The monoisotopic (exact) mass is 263 g/mol. The summed E-state index contributed by atoms with van der Waals surface area (Å²) in [6.07, 6.45) is 1.74. The molecule has 0 spiro atoms. The molecule has 19 heavy (non-hydrogen) atoms. The van der Waals surface area contributed by atoms with E-state index in [1.807, 2.05) is 23.1 Å². The molecule has 0 aromatic carbocycles. The summed E-state index contributed by atoms with van der Waals surface area (Å²) in [5.41, 5.74) is 0.889. The smallest absolute Gasteiger partial charge is 0.239 e. The molecule has 5 nitrogen and oxygen atoms in total. The Morgan fingerprint density at radius 1 is 1.53 bits per heavy atom. The van der Waals surface area contributed by atoms with Gasteiger partial charge in [-0.25, -0.2) is 0 Å². The van der Waals surface area contributed by atoms with Gasteiger partial charge in [0.25, 0.3) is 0 Å². The predicted molar refractivity (Wildman–Crippen MR) is 72.3 cm³/mol. The average molecular weight is 263 g/mol. The lowest BCUT2D eigenvalue weighted by Gasteiger charge is -2.31. The Kier molecular flexibility index (Phi) is 4.17. The van der Waals surface area contributed by atoms with E-state index < -0.39 is 6.04 Å². The summed E-state index contributed by atoms with van der Waals surface area (Å²) in [7, 11) is 0. The minimum Gasteiger partial charge on any atom is -0.394 e. The van der Waals surface area contributed by atoms with Crippen molar-refractivity contribution in [2.24, 2.45) is 5.41 Å². The van der Waals surface area contributed by atoms with Crippen LogP contribution in [0.15, 0.2) is 24.4 Å². The van der Waals surface area contributed by atoms with Crippen LogP contribution in [-0.2, 0) is 11.3 Å². The summed E-state index contributed by atoms with van der Waals surface area (Å²) in [6.45, 7) is 5.99. The van der Waals surface area contributed by atoms with Gasteiger partial charge in [-0.15, -0.1) is 0 Å². The zero-order valence-corrected chi connectivity index (χ0v) is 11.5. The Balaban J connectivity index is 2.19. The van der Waals surface area contributed by atoms with E-state index in [1.165, 1.54) is 0 Å². The number of aliphatic hydroxyl groups excluding tert-OH is 1. The molecule has 1 atom stereocenters. The van der Waals surface area contributed by atoms with Crippen LogP contribution in [0.4, 0.5) is 0 Å². The fraction of sp³-hybridized carbons (Fsp3) is 0.571. The molecule has 0 saturated carbocycles. The van der Waals surface area contributed by atoms with E-state index >= 15 is 0 Å². The molecule has 104 valence electrons. The summed E-state index contributed by atoms with van der Waals surface area (Å²) < 4.78 is 0. The van der Waals surface area contributed by atoms with Gasteiger partial charge in [0.05, 0.1) is 12.3 Å². The number of aromatic nitrogens is 1. The second-order valence-corrected chi connectivity index (χ2v) is 5.81. The van der Waals surface area contributed by atoms with Crippen LogP contribution in [0.3, 0.4) is 0 Å². The number of amides is 1. The van der Waals surface area contributed by atoms with Crippen molar-refractivity contribution in [1.29, 1.82) is 0 Å². The highest BCUT2D eigenvalue weighted by atomic mass is 16.3. The Hall–Kier alpha value is -1.46. The summed E-state index contributed by atoms with van der Waals surface area (Å²) in [6, 6.07) is 5.24. The van der Waals surface area contributed by atoms with Crippen molar-refractivity contribution in [2.75, 3.05) is 19.7 Å². The van der Waals surface area contributed by atoms with Crippen LogP contribution >= 0.6 is 0 Å². The van der Waals surface area contributed by atoms with Gasteiger partial charge in [-0.1, -0.05) is 19.9 Å². The topological polar surface area (TPSA) is 65.5 Å². The van der Waals surface area contributed by atoms with Crippen molar-refractivity contribution >= 4 is 5.91 Å². The number of nitrogens with one attached hydrogen (secondary N) is 1. The molecule has 1 aromatic rings. The first-order valence-electron chi connectivity index (χ1n) is 6.54. The van der Waals surface area contributed by atoms with Crippen molar-refractivity contribution in [3.63, 3.8) is 0 Å². The van der Waals surface area contributed by atoms with E-state index in [0.29, 0.717) is 13.1 Å². The van der Waals surface area contributed by atoms with Crippen LogP contribution in [-0.4, -0.2) is 46.6 Å². The van der Waals surface area contributed by atoms with Gasteiger partial charge < -0.3 is 10.4 Å². The van der Waals surface area contributed by atoms with Gasteiger partial charge in [0, 0.05) is 25.8 Å². The number of aliphatic hydroxyl groups is 1. The van der Waals surface area contributed by atoms with E-state index in [2.05, 4.69) is 24.1 Å². The molecule has 1 amide bonds. The van der Waals surface area contributed by atoms with E-state index in [9.17, 15) is 9.90 Å². The van der Waals surface area contributed by atoms with Crippen LogP contribution in [0.25, 0.3) is 0 Å². The summed E-state index contributed by atoms with van der Waals surface area (Å²) in [5, 5.41) is 12.4. The zero-order valence-electron chi connectivity index (χ0n) is 11.5. The lowest BCUT2D eigenvalue weighted by Crippen LogP contribution is -2.46. The number of carbonyl (C=O) groups excluding carboxylic acids is 1. The van der Waals surface area contributed by atoms with Crippen molar-refractivity contribution in [1.82, 2.24) is 15.2 Å². The van der Waals surface area contributed by atoms with Crippen molar-refractivity contribution in [3.05, 3.63) is 30.1 Å². The second kappa shape index (κ2) is 5.67. The van der Waals surface area contributed by atoms with Gasteiger partial charge in [0.15, 0.2) is 0 Å². The lowest BCUT2D eigenvalue weighted by atomic mass is 9.93. The second-order valence-electron chi connectivity index (χ2n) is 5.81. The maximum atomic E-state index is 12.0. The Morgan fingerprint density at radius 2 is 2.32 bits per heavy atom. The molecule has 5 heteroatoms. The molecule has 1 aliphatic rings. The van der Waals surface area contributed by atoms with E-state index in [4.69, 9.17) is 0 Å². The van der Waals surface area contributed by atoms with Gasteiger partial charge in [-0.2, -0.15) is 0 Å². The van der Waals surface area contributed by atoms with Crippen molar-refractivity contribution in [3.8, 4) is 0 Å². The molecule has 1 aromatic heterocycles. The normalized spacial score (nSPS) is 23.7. The van der Waals surface area contributed by atoms with Crippen molar-refractivity contribution < 1.29 is 9.90 Å². The molecule has 0 aliphatic carbocycles. The maximum Gasteiger partial charge on any atom is 0.239 e. The van der Waals surface area contributed by atoms with E-state index in [-0.39, 0.29) is 17.9 Å². The molecule has 1 saturated heterocycles. The number of pyridine rings is 1. The Morgan fingerprint density at radius 3 is 2.95 bits per heavy atom.